The highest BCUT2D eigenvalue weighted by atomic mass is 15.1. The summed E-state index contributed by atoms with van der Waals surface area (Å²) in [4.78, 5) is 10.4. The Morgan fingerprint density at radius 3 is 0.772 bits per heavy atom. The average Bonchev–Trinajstić information content (AvgIpc) is 1.43. The smallest absolute Gasteiger partial charge is 0.0991 e. The number of rotatable bonds is 7. The lowest BCUT2D eigenvalue weighted by Gasteiger charge is -2.31. The molecule has 6 heterocycles. The van der Waals surface area contributed by atoms with Crippen LogP contribution >= 0.6 is 0 Å². The molecule has 0 aliphatic carbocycles. The zero-order chi connectivity index (χ0) is 62.5. The van der Waals surface area contributed by atoms with Gasteiger partial charge in [0, 0.05) is 66.6 Å². The molecule has 0 fully saturated rings. The molecule has 0 N–H and O–H groups in total. The van der Waals surface area contributed by atoms with Crippen LogP contribution in [-0.2, 0) is 0 Å². The minimum absolute atomic E-state index is 0.387. The molecule has 0 atom stereocenters. The summed E-state index contributed by atoms with van der Waals surface area (Å²) in [5.41, 5.74) is 14.3. The molecule has 14 heteroatoms. The largest absolute Gasteiger partial charge is 0.306 e. The molecule has 0 amide bonds. The Bertz CT molecular complexity index is 5750. The first kappa shape index (κ1) is 53.1. The van der Waals surface area contributed by atoms with Gasteiger partial charge in [0.05, 0.1) is 177 Å². The molecule has 10 aromatic carbocycles. The lowest BCUT2D eigenvalue weighted by Crippen LogP contribution is -2.16. The van der Waals surface area contributed by atoms with Crippen LogP contribution in [0.5, 0.6) is 0 Å². The maximum absolute atomic E-state index is 10.7. The third kappa shape index (κ3) is 7.85. The summed E-state index contributed by atoms with van der Waals surface area (Å²) in [7, 11) is 0. The van der Waals surface area contributed by atoms with Gasteiger partial charge < -0.3 is 18.3 Å². The molecule has 92 heavy (non-hydrogen) atoms. The zero-order valence-electron chi connectivity index (χ0n) is 48.0. The van der Waals surface area contributed by atoms with Crippen molar-refractivity contribution in [1.82, 2.24) is 28.2 Å². The van der Waals surface area contributed by atoms with E-state index in [-0.39, 0.29) is 0 Å². The molecule has 0 saturated carbocycles. The number of benzene rings is 10. The second-order valence-corrected chi connectivity index (χ2v) is 22.2. The van der Waals surface area contributed by atoms with Crippen LogP contribution in [0.2, 0.25) is 0 Å². The summed E-state index contributed by atoms with van der Waals surface area (Å²) in [5.74, 6) is 0. The van der Waals surface area contributed by atoms with Gasteiger partial charge in [-0.25, -0.2) is 4.98 Å². The molecule has 0 aliphatic heterocycles. The molecule has 0 radical (unpaired) electrons. The van der Waals surface area contributed by atoms with Crippen molar-refractivity contribution in [2.45, 2.75) is 0 Å². The van der Waals surface area contributed by atoms with Gasteiger partial charge in [-0.15, -0.1) is 0 Å². The third-order valence-electron chi connectivity index (χ3n) is 17.4. The second kappa shape index (κ2) is 20.7. The van der Waals surface area contributed by atoms with E-state index >= 15 is 0 Å². The summed E-state index contributed by atoms with van der Waals surface area (Å²) in [6.45, 7) is 0. The normalized spacial score (nSPS) is 11.2. The highest BCUT2D eigenvalue weighted by molar-refractivity contribution is 6.19. The molecule has 0 bridgehead atoms. The van der Waals surface area contributed by atoms with Gasteiger partial charge in [-0.1, -0.05) is 36.4 Å². The van der Waals surface area contributed by atoms with Crippen LogP contribution in [0.15, 0.2) is 219 Å². The summed E-state index contributed by atoms with van der Waals surface area (Å²) in [6.07, 6.45) is 3.46. The number of aromatic nitrogens is 6. The number of nitriles is 8. The van der Waals surface area contributed by atoms with Gasteiger partial charge in [0.1, 0.15) is 0 Å². The van der Waals surface area contributed by atoms with Crippen molar-refractivity contribution in [2.24, 2.45) is 0 Å². The Kier molecular flexibility index (Phi) is 11.9. The van der Waals surface area contributed by atoms with E-state index in [1.54, 1.807) is 60.9 Å². The van der Waals surface area contributed by atoms with E-state index < -0.39 is 0 Å². The molecule has 418 valence electrons. The summed E-state index contributed by atoms with van der Waals surface area (Å²) in [6, 6.07) is 82.9. The van der Waals surface area contributed by atoms with Crippen molar-refractivity contribution in [3.05, 3.63) is 263 Å². The monoisotopic (exact) mass is 1170 g/mol. The first-order chi connectivity index (χ1) is 45.3. The molecular formula is C78H36N14. The highest BCUT2D eigenvalue weighted by Crippen LogP contribution is 2.55. The van der Waals surface area contributed by atoms with Crippen LogP contribution in [0.25, 0.3) is 144 Å². The van der Waals surface area contributed by atoms with Gasteiger partial charge in [0.25, 0.3) is 0 Å². The molecule has 16 rings (SSSR count). The second-order valence-electron chi connectivity index (χ2n) is 22.2. The molecule has 16 aromatic rings. The van der Waals surface area contributed by atoms with Crippen molar-refractivity contribution in [3.63, 3.8) is 0 Å². The summed E-state index contributed by atoms with van der Waals surface area (Å²) in [5, 5.41) is 90.8. The lowest BCUT2D eigenvalue weighted by atomic mass is 9.91. The predicted octanol–water partition coefficient (Wildman–Crippen LogP) is 16.8. The molecule has 0 aliphatic rings. The first-order valence-corrected chi connectivity index (χ1v) is 29.0. The van der Waals surface area contributed by atoms with Gasteiger partial charge in [0.2, 0.25) is 0 Å². The van der Waals surface area contributed by atoms with Crippen LogP contribution in [0.4, 0.5) is 0 Å². The van der Waals surface area contributed by atoms with Crippen LogP contribution in [0.3, 0.4) is 0 Å². The maximum Gasteiger partial charge on any atom is 0.0991 e. The Balaban J connectivity index is 1.31. The fourth-order valence-corrected chi connectivity index (χ4v) is 13.6. The average molecular weight is 1170 g/mol. The van der Waals surface area contributed by atoms with Crippen molar-refractivity contribution >= 4 is 87.2 Å². The first-order valence-electron chi connectivity index (χ1n) is 29.0. The van der Waals surface area contributed by atoms with Crippen molar-refractivity contribution in [3.8, 4) is 105 Å². The quantitative estimate of drug-likeness (QED) is 0.146. The van der Waals surface area contributed by atoms with E-state index in [0.29, 0.717) is 183 Å². The minimum Gasteiger partial charge on any atom is -0.306 e. The van der Waals surface area contributed by atoms with Gasteiger partial charge in [0.15, 0.2) is 0 Å². The topological polar surface area (TPSA) is 236 Å². The Morgan fingerprint density at radius 2 is 0.500 bits per heavy atom. The number of nitrogens with zero attached hydrogens (tertiary/aromatic N) is 14. The van der Waals surface area contributed by atoms with Crippen molar-refractivity contribution in [1.29, 1.82) is 42.1 Å². The highest BCUT2D eigenvalue weighted by Gasteiger charge is 2.36. The molecule has 14 nitrogen and oxygen atoms in total. The SMILES string of the molecule is N#Cc1ccc2c(c1)c1cc(C#N)ccc1n2-c1c(-c2ccncc2)c(-n2c3ccc(C#N)cc3c3cc(C#N)ccc32)c(-n2c3ccc(C#N)cc3c3cc(C#N)ccc32)c(-c2cccc(-c3ccccc3)n2)c1-n1c2ccc(C#N)cc2c2cc(C#N)ccc21. The molecule has 0 unspecified atom stereocenters. The van der Waals surface area contributed by atoms with E-state index in [9.17, 15) is 42.1 Å². The Labute approximate surface area is 522 Å². The summed E-state index contributed by atoms with van der Waals surface area (Å²) < 4.78 is 8.72. The van der Waals surface area contributed by atoms with E-state index in [1.165, 1.54) is 0 Å². The number of pyridine rings is 2. The van der Waals surface area contributed by atoms with Gasteiger partial charge in [-0.05, 0) is 175 Å². The van der Waals surface area contributed by atoms with Gasteiger partial charge in [-0.3, -0.25) is 4.98 Å². The fraction of sp³-hybridized carbons (Fsp3) is 0. The van der Waals surface area contributed by atoms with Crippen molar-refractivity contribution in [2.75, 3.05) is 0 Å². The number of fused-ring (bicyclic) bond motifs is 12. The Morgan fingerprint density at radius 1 is 0.239 bits per heavy atom. The van der Waals surface area contributed by atoms with Crippen LogP contribution in [0, 0.1) is 90.6 Å². The molecule has 6 aromatic heterocycles. The van der Waals surface area contributed by atoms with E-state index in [4.69, 9.17) is 4.98 Å². The summed E-state index contributed by atoms with van der Waals surface area (Å²) >= 11 is 0. The Hall–Kier alpha value is -14.4. The van der Waals surface area contributed by atoms with E-state index in [2.05, 4.69) is 71.8 Å². The van der Waals surface area contributed by atoms with Crippen LogP contribution in [0.1, 0.15) is 44.5 Å². The van der Waals surface area contributed by atoms with Gasteiger partial charge in [-0.2, -0.15) is 42.1 Å². The number of hydrogen-bond donors (Lipinski definition) is 0. The van der Waals surface area contributed by atoms with Crippen LogP contribution < -0.4 is 0 Å². The predicted molar refractivity (Wildman–Crippen MR) is 353 cm³/mol. The molecule has 0 spiro atoms. The van der Waals surface area contributed by atoms with Gasteiger partial charge >= 0.3 is 0 Å². The third-order valence-corrected chi connectivity index (χ3v) is 17.4. The molecule has 0 saturated heterocycles. The standard InChI is InChI=1S/C78H36N14/c79-37-45-9-17-65-55(29-45)56-30-46(38-80)10-18-66(56)89(65)75-73(54-25-27-87-28-26-54)76(90-67-19-11-47(39-81)31-57(67)58-32-48(40-82)12-20-68(58)90)78(92-71-23-15-51(43-85)35-61(71)62-36-52(44-86)16-24-72(62)92)74(64-8-4-7-63(88-64)53-5-2-1-3-6-53)77(75)91-69-21-13-49(41-83)33-59(69)60-34-50(42-84)14-22-70(60)91/h1-36H. The zero-order valence-corrected chi connectivity index (χ0v) is 48.0. The lowest BCUT2D eigenvalue weighted by molar-refractivity contribution is 1.04. The minimum atomic E-state index is 0.387. The number of hydrogen-bond acceptors (Lipinski definition) is 10. The fourth-order valence-electron chi connectivity index (χ4n) is 13.6. The molecular weight excluding hydrogens is 1130 g/mol. The maximum atomic E-state index is 10.7. The van der Waals surface area contributed by atoms with Crippen molar-refractivity contribution < 1.29 is 0 Å². The van der Waals surface area contributed by atoms with E-state index in [1.807, 2.05) is 158 Å². The van der Waals surface area contributed by atoms with Crippen LogP contribution in [-0.4, -0.2) is 28.2 Å². The van der Waals surface area contributed by atoms with E-state index in [0.717, 1.165) is 5.56 Å².